The summed E-state index contributed by atoms with van der Waals surface area (Å²) < 4.78 is 0. The van der Waals surface area contributed by atoms with E-state index in [1.807, 2.05) is 12.1 Å². The lowest BCUT2D eigenvalue weighted by atomic mass is 9.92. The molecule has 0 bridgehead atoms. The average molecular weight is 452 g/mol. The summed E-state index contributed by atoms with van der Waals surface area (Å²) in [4.78, 5) is 10.8. The predicted octanol–water partition coefficient (Wildman–Crippen LogP) is 8.90. The van der Waals surface area contributed by atoms with Crippen LogP contribution in [-0.2, 0) is 0 Å². The van der Waals surface area contributed by atoms with Crippen LogP contribution in [0.1, 0.15) is 0 Å². The van der Waals surface area contributed by atoms with Gasteiger partial charge in [0.1, 0.15) is 0 Å². The first-order valence-corrected chi connectivity index (χ1v) is 11.5. The van der Waals surface area contributed by atoms with Crippen LogP contribution in [0, 0.1) is 10.1 Å². The molecule has 0 fully saturated rings. The van der Waals surface area contributed by atoms with Crippen LogP contribution in [0.4, 0.5) is 5.69 Å². The second-order valence-corrected chi connectivity index (χ2v) is 8.73. The number of hydrogen-bond donors (Lipinski definition) is 0. The van der Waals surface area contributed by atoms with Crippen LogP contribution in [0.15, 0.2) is 127 Å². The minimum absolute atomic E-state index is 0.0918. The molecule has 0 saturated heterocycles. The molecule has 0 heterocycles. The number of nitro benzene ring substituents is 1. The van der Waals surface area contributed by atoms with E-state index in [4.69, 9.17) is 0 Å². The molecule has 6 aromatic carbocycles. The molecular formula is C32H21NO2. The normalized spacial score (nSPS) is 11.1. The van der Waals surface area contributed by atoms with Crippen molar-refractivity contribution in [2.24, 2.45) is 0 Å². The maximum absolute atomic E-state index is 11.1. The molecule has 0 aromatic heterocycles. The highest BCUT2D eigenvalue weighted by molar-refractivity contribution is 5.91. The molecule has 0 atom stereocenters. The number of benzene rings is 6. The Hall–Kier alpha value is -4.76. The Balaban J connectivity index is 1.54. The van der Waals surface area contributed by atoms with Gasteiger partial charge in [-0.1, -0.05) is 72.8 Å². The zero-order valence-corrected chi connectivity index (χ0v) is 18.9. The van der Waals surface area contributed by atoms with Crippen LogP contribution < -0.4 is 0 Å². The summed E-state index contributed by atoms with van der Waals surface area (Å²) in [6.45, 7) is 0. The minimum Gasteiger partial charge on any atom is -0.258 e. The minimum atomic E-state index is -0.365. The fraction of sp³-hybridized carbons (Fsp3) is 0. The highest BCUT2D eigenvalue weighted by atomic mass is 16.6. The van der Waals surface area contributed by atoms with Gasteiger partial charge in [0.15, 0.2) is 0 Å². The molecule has 0 radical (unpaired) electrons. The zero-order chi connectivity index (χ0) is 23.8. The Morgan fingerprint density at radius 1 is 0.400 bits per heavy atom. The van der Waals surface area contributed by atoms with Crippen molar-refractivity contribution in [1.82, 2.24) is 0 Å². The molecule has 6 rings (SSSR count). The molecule has 35 heavy (non-hydrogen) atoms. The molecule has 0 saturated carbocycles. The van der Waals surface area contributed by atoms with Gasteiger partial charge in [0.2, 0.25) is 0 Å². The fourth-order valence-electron chi connectivity index (χ4n) is 4.64. The van der Waals surface area contributed by atoms with Gasteiger partial charge in [-0.2, -0.15) is 0 Å². The third-order valence-corrected chi connectivity index (χ3v) is 6.51. The monoisotopic (exact) mass is 451 g/mol. The van der Waals surface area contributed by atoms with Crippen molar-refractivity contribution in [1.29, 1.82) is 0 Å². The Morgan fingerprint density at radius 3 is 1.26 bits per heavy atom. The van der Waals surface area contributed by atoms with Crippen molar-refractivity contribution in [3.63, 3.8) is 0 Å². The van der Waals surface area contributed by atoms with E-state index in [0.29, 0.717) is 0 Å². The van der Waals surface area contributed by atoms with Crippen LogP contribution in [0.2, 0.25) is 0 Å². The lowest BCUT2D eigenvalue weighted by molar-refractivity contribution is -0.384. The van der Waals surface area contributed by atoms with E-state index >= 15 is 0 Å². The van der Waals surface area contributed by atoms with Crippen molar-refractivity contribution in [2.75, 3.05) is 0 Å². The van der Waals surface area contributed by atoms with Gasteiger partial charge in [0.25, 0.3) is 5.69 Å². The van der Waals surface area contributed by atoms with Crippen molar-refractivity contribution in [3.05, 3.63) is 138 Å². The number of nitro groups is 1. The van der Waals surface area contributed by atoms with Crippen LogP contribution >= 0.6 is 0 Å². The topological polar surface area (TPSA) is 43.1 Å². The van der Waals surface area contributed by atoms with Gasteiger partial charge in [0.05, 0.1) is 4.92 Å². The molecule has 0 aliphatic rings. The van der Waals surface area contributed by atoms with Crippen molar-refractivity contribution < 1.29 is 4.92 Å². The SMILES string of the molecule is O=[N+]([O-])c1ccc(-c2cc(-c3ccc4ccccc4c3)cc(-c3ccc4ccccc4c3)c2)cc1. The summed E-state index contributed by atoms with van der Waals surface area (Å²) in [6, 6.07) is 43.1. The van der Waals surface area contributed by atoms with E-state index in [1.54, 1.807) is 12.1 Å². The molecule has 0 spiro atoms. The summed E-state index contributed by atoms with van der Waals surface area (Å²) in [5, 5.41) is 15.9. The lowest BCUT2D eigenvalue weighted by Gasteiger charge is -2.12. The summed E-state index contributed by atoms with van der Waals surface area (Å²) in [5.41, 5.74) is 6.54. The summed E-state index contributed by atoms with van der Waals surface area (Å²) in [5.74, 6) is 0. The van der Waals surface area contributed by atoms with E-state index in [2.05, 4.69) is 103 Å². The smallest absolute Gasteiger partial charge is 0.258 e. The Morgan fingerprint density at radius 2 is 0.800 bits per heavy atom. The van der Waals surface area contributed by atoms with Crippen LogP contribution in [0.25, 0.3) is 54.9 Å². The molecule has 0 amide bonds. The Kier molecular flexibility index (Phi) is 5.08. The van der Waals surface area contributed by atoms with Gasteiger partial charge in [-0.3, -0.25) is 10.1 Å². The zero-order valence-electron chi connectivity index (χ0n) is 18.9. The van der Waals surface area contributed by atoms with E-state index in [0.717, 1.165) is 33.4 Å². The van der Waals surface area contributed by atoms with Crippen LogP contribution in [0.5, 0.6) is 0 Å². The van der Waals surface area contributed by atoms with Crippen molar-refractivity contribution in [2.45, 2.75) is 0 Å². The van der Waals surface area contributed by atoms with Gasteiger partial charge in [-0.25, -0.2) is 0 Å². The third-order valence-electron chi connectivity index (χ3n) is 6.51. The molecule has 0 aliphatic heterocycles. The molecule has 3 nitrogen and oxygen atoms in total. The lowest BCUT2D eigenvalue weighted by Crippen LogP contribution is -1.89. The first-order valence-electron chi connectivity index (χ1n) is 11.5. The molecule has 6 aromatic rings. The Labute approximate surface area is 203 Å². The first kappa shape index (κ1) is 20.8. The second kappa shape index (κ2) is 8.54. The summed E-state index contributed by atoms with van der Waals surface area (Å²) in [6.07, 6.45) is 0. The maximum Gasteiger partial charge on any atom is 0.269 e. The predicted molar refractivity (Wildman–Crippen MR) is 144 cm³/mol. The molecule has 3 heteroatoms. The number of non-ortho nitro benzene ring substituents is 1. The van der Waals surface area contributed by atoms with Crippen molar-refractivity contribution >= 4 is 27.2 Å². The van der Waals surface area contributed by atoms with E-state index in [9.17, 15) is 10.1 Å². The molecular weight excluding hydrogens is 430 g/mol. The van der Waals surface area contributed by atoms with Gasteiger partial charge in [-0.05, 0) is 97.4 Å². The fourth-order valence-corrected chi connectivity index (χ4v) is 4.64. The number of nitrogens with zero attached hydrogens (tertiary/aromatic N) is 1. The van der Waals surface area contributed by atoms with Crippen molar-refractivity contribution in [3.8, 4) is 33.4 Å². The molecule has 0 N–H and O–H groups in total. The molecule has 0 aliphatic carbocycles. The molecule has 166 valence electrons. The van der Waals surface area contributed by atoms with E-state index < -0.39 is 0 Å². The largest absolute Gasteiger partial charge is 0.269 e. The van der Waals surface area contributed by atoms with Crippen LogP contribution in [0.3, 0.4) is 0 Å². The summed E-state index contributed by atoms with van der Waals surface area (Å²) >= 11 is 0. The van der Waals surface area contributed by atoms with E-state index in [1.165, 1.54) is 21.5 Å². The third kappa shape index (κ3) is 4.04. The highest BCUT2D eigenvalue weighted by Gasteiger charge is 2.11. The average Bonchev–Trinajstić information content (AvgIpc) is 2.92. The Bertz CT molecular complexity index is 1620. The quantitative estimate of drug-likeness (QED) is 0.198. The van der Waals surface area contributed by atoms with Gasteiger partial charge < -0.3 is 0 Å². The van der Waals surface area contributed by atoms with Gasteiger partial charge in [0, 0.05) is 12.1 Å². The number of fused-ring (bicyclic) bond motifs is 2. The maximum atomic E-state index is 11.1. The number of rotatable bonds is 4. The van der Waals surface area contributed by atoms with E-state index in [-0.39, 0.29) is 10.6 Å². The first-order chi connectivity index (χ1) is 17.1. The van der Waals surface area contributed by atoms with Gasteiger partial charge >= 0.3 is 0 Å². The summed E-state index contributed by atoms with van der Waals surface area (Å²) in [7, 11) is 0. The van der Waals surface area contributed by atoms with Crippen LogP contribution in [-0.4, -0.2) is 4.92 Å². The van der Waals surface area contributed by atoms with Gasteiger partial charge in [-0.15, -0.1) is 0 Å². The molecule has 0 unspecified atom stereocenters. The highest BCUT2D eigenvalue weighted by Crippen LogP contribution is 2.35. The standard InChI is InChI=1S/C32H21NO2/c34-33(35)32-15-13-24(14-16-32)29-19-30(27-11-9-22-5-1-3-7-25(22)17-27)21-31(20-29)28-12-10-23-6-2-4-8-26(23)18-28/h1-21H. The second-order valence-electron chi connectivity index (χ2n) is 8.73. The number of hydrogen-bond acceptors (Lipinski definition) is 2.